The van der Waals surface area contributed by atoms with E-state index in [0.717, 1.165) is 0 Å². The Bertz CT molecular complexity index is 442. The minimum atomic E-state index is -3.38. The molecule has 0 unspecified atom stereocenters. The molecule has 0 spiro atoms. The second kappa shape index (κ2) is 5.21. The predicted molar refractivity (Wildman–Crippen MR) is 62.6 cm³/mol. The number of hydrogen-bond acceptors (Lipinski definition) is 4. The van der Waals surface area contributed by atoms with Gasteiger partial charge in [0.2, 0.25) is 15.0 Å². The van der Waals surface area contributed by atoms with E-state index >= 15 is 0 Å². The van der Waals surface area contributed by atoms with Crippen LogP contribution in [0.5, 0.6) is 0 Å². The number of sulfone groups is 1. The lowest BCUT2D eigenvalue weighted by Gasteiger charge is -2.15. The summed E-state index contributed by atoms with van der Waals surface area (Å²) in [5, 5.41) is -0.0990. The van der Waals surface area contributed by atoms with E-state index in [-0.39, 0.29) is 22.7 Å². The summed E-state index contributed by atoms with van der Waals surface area (Å²) in [7, 11) is -3.38. The quantitative estimate of drug-likeness (QED) is 0.580. The van der Waals surface area contributed by atoms with Crippen molar-refractivity contribution in [3.05, 3.63) is 31.1 Å². The molecular weight excluding hydrogens is 224 g/mol. The Balaban J connectivity index is 2.85. The van der Waals surface area contributed by atoms with Crippen LogP contribution in [0.2, 0.25) is 0 Å². The number of aromatic nitrogens is 2. The molecule has 0 radical (unpaired) electrons. The summed E-state index contributed by atoms with van der Waals surface area (Å²) in [5.74, 6) is 0.203. The van der Waals surface area contributed by atoms with Crippen LogP contribution in [0.15, 0.2) is 36.3 Å². The standard InChI is InChI=1S/C11H16N2O2S/c1-4-9(2)10(3)8-16(14,15)11-12-6-5-7-13-11/h4-7,9-10H,1,8H2,2-3H3/t9-,10+/m0/s1. The maximum absolute atomic E-state index is 11.9. The molecule has 1 aromatic heterocycles. The van der Waals surface area contributed by atoms with Crippen LogP contribution in [0.25, 0.3) is 0 Å². The average molecular weight is 240 g/mol. The number of allylic oxidation sites excluding steroid dienone is 1. The van der Waals surface area contributed by atoms with Crippen molar-refractivity contribution in [2.45, 2.75) is 19.0 Å². The zero-order valence-corrected chi connectivity index (χ0v) is 10.3. The molecule has 0 N–H and O–H groups in total. The second-order valence-electron chi connectivity index (χ2n) is 3.88. The van der Waals surface area contributed by atoms with Crippen molar-refractivity contribution < 1.29 is 8.42 Å². The Morgan fingerprint density at radius 1 is 1.38 bits per heavy atom. The van der Waals surface area contributed by atoms with Gasteiger partial charge in [0, 0.05) is 12.4 Å². The van der Waals surface area contributed by atoms with Gasteiger partial charge in [0.1, 0.15) is 0 Å². The van der Waals surface area contributed by atoms with Gasteiger partial charge in [-0.1, -0.05) is 19.9 Å². The smallest absolute Gasteiger partial charge is 0.227 e. The predicted octanol–water partition coefficient (Wildman–Crippen LogP) is 1.71. The summed E-state index contributed by atoms with van der Waals surface area (Å²) in [6, 6.07) is 1.59. The van der Waals surface area contributed by atoms with Crippen molar-refractivity contribution in [2.24, 2.45) is 11.8 Å². The van der Waals surface area contributed by atoms with Gasteiger partial charge in [-0.15, -0.1) is 6.58 Å². The highest BCUT2D eigenvalue weighted by atomic mass is 32.2. The largest absolute Gasteiger partial charge is 0.247 e. The highest BCUT2D eigenvalue weighted by molar-refractivity contribution is 7.91. The number of rotatable bonds is 5. The van der Waals surface area contributed by atoms with E-state index in [4.69, 9.17) is 0 Å². The highest BCUT2D eigenvalue weighted by Crippen LogP contribution is 2.17. The fourth-order valence-electron chi connectivity index (χ4n) is 1.25. The normalized spacial score (nSPS) is 15.4. The van der Waals surface area contributed by atoms with Crippen LogP contribution < -0.4 is 0 Å². The molecule has 0 bridgehead atoms. The summed E-state index contributed by atoms with van der Waals surface area (Å²) in [6.07, 6.45) is 4.62. The van der Waals surface area contributed by atoms with Crippen LogP contribution in [0.1, 0.15) is 13.8 Å². The van der Waals surface area contributed by atoms with Crippen LogP contribution in [-0.4, -0.2) is 24.1 Å². The molecule has 0 aliphatic carbocycles. The topological polar surface area (TPSA) is 59.9 Å². The summed E-state index contributed by atoms with van der Waals surface area (Å²) in [4.78, 5) is 7.53. The fraction of sp³-hybridized carbons (Fsp3) is 0.455. The lowest BCUT2D eigenvalue weighted by molar-refractivity contribution is 0.492. The van der Waals surface area contributed by atoms with Gasteiger partial charge >= 0.3 is 0 Å². The van der Waals surface area contributed by atoms with Gasteiger partial charge < -0.3 is 0 Å². The summed E-state index contributed by atoms with van der Waals surface area (Å²) >= 11 is 0. The van der Waals surface area contributed by atoms with E-state index in [2.05, 4.69) is 16.5 Å². The highest BCUT2D eigenvalue weighted by Gasteiger charge is 2.23. The van der Waals surface area contributed by atoms with Crippen molar-refractivity contribution in [2.75, 3.05) is 5.75 Å². The summed E-state index contributed by atoms with van der Waals surface area (Å²) in [5.41, 5.74) is 0. The first kappa shape index (κ1) is 12.8. The molecule has 2 atom stereocenters. The first-order valence-corrected chi connectivity index (χ1v) is 6.75. The molecule has 0 fully saturated rings. The SMILES string of the molecule is C=C[C@H](C)[C@H](C)CS(=O)(=O)c1ncccn1. The molecule has 0 saturated carbocycles. The molecule has 5 heteroatoms. The van der Waals surface area contributed by atoms with Crippen molar-refractivity contribution >= 4 is 9.84 Å². The third-order valence-corrected chi connectivity index (χ3v) is 4.30. The zero-order chi connectivity index (χ0) is 12.2. The molecular formula is C11H16N2O2S. The van der Waals surface area contributed by atoms with E-state index in [1.807, 2.05) is 13.8 Å². The zero-order valence-electron chi connectivity index (χ0n) is 9.50. The monoisotopic (exact) mass is 240 g/mol. The maximum Gasteiger partial charge on any atom is 0.247 e. The molecule has 16 heavy (non-hydrogen) atoms. The van der Waals surface area contributed by atoms with Gasteiger partial charge in [0.25, 0.3) is 0 Å². The Hall–Kier alpha value is -1.23. The van der Waals surface area contributed by atoms with Crippen molar-refractivity contribution in [3.8, 4) is 0 Å². The minimum absolute atomic E-state index is 0.00584. The number of hydrogen-bond donors (Lipinski definition) is 0. The third kappa shape index (κ3) is 3.13. The molecule has 0 aliphatic rings. The first-order valence-electron chi connectivity index (χ1n) is 5.09. The average Bonchev–Trinajstić information content (AvgIpc) is 2.28. The Kier molecular flexibility index (Phi) is 4.18. The molecule has 88 valence electrons. The molecule has 4 nitrogen and oxygen atoms in total. The molecule has 0 saturated heterocycles. The molecule has 0 amide bonds. The van der Waals surface area contributed by atoms with E-state index in [1.54, 1.807) is 12.1 Å². The van der Waals surface area contributed by atoms with Crippen molar-refractivity contribution in [1.29, 1.82) is 0 Å². The van der Waals surface area contributed by atoms with Gasteiger partial charge in [0.05, 0.1) is 5.75 Å². The van der Waals surface area contributed by atoms with Crippen LogP contribution in [-0.2, 0) is 9.84 Å². The van der Waals surface area contributed by atoms with Gasteiger partial charge in [0.15, 0.2) is 0 Å². The molecule has 1 aromatic rings. The second-order valence-corrected chi connectivity index (χ2v) is 5.81. The minimum Gasteiger partial charge on any atom is -0.227 e. The van der Waals surface area contributed by atoms with Gasteiger partial charge in [-0.2, -0.15) is 0 Å². The maximum atomic E-state index is 11.9. The van der Waals surface area contributed by atoms with Gasteiger partial charge in [-0.05, 0) is 17.9 Å². The van der Waals surface area contributed by atoms with Crippen LogP contribution in [0, 0.1) is 11.8 Å². The lowest BCUT2D eigenvalue weighted by Crippen LogP contribution is -2.20. The summed E-state index contributed by atoms with van der Waals surface area (Å²) in [6.45, 7) is 7.48. The van der Waals surface area contributed by atoms with Crippen LogP contribution >= 0.6 is 0 Å². The molecule has 1 heterocycles. The Morgan fingerprint density at radius 3 is 2.44 bits per heavy atom. The lowest BCUT2D eigenvalue weighted by atomic mass is 9.98. The Labute approximate surface area is 96.4 Å². The van der Waals surface area contributed by atoms with E-state index in [9.17, 15) is 8.42 Å². The Morgan fingerprint density at radius 2 is 1.94 bits per heavy atom. The first-order chi connectivity index (χ1) is 7.47. The van der Waals surface area contributed by atoms with E-state index in [0.29, 0.717) is 0 Å². The van der Waals surface area contributed by atoms with E-state index in [1.165, 1.54) is 12.4 Å². The molecule has 0 aromatic carbocycles. The fourth-order valence-corrected chi connectivity index (χ4v) is 2.84. The van der Waals surface area contributed by atoms with Crippen molar-refractivity contribution in [3.63, 3.8) is 0 Å². The molecule has 0 aliphatic heterocycles. The number of nitrogens with zero attached hydrogens (tertiary/aromatic N) is 2. The summed E-state index contributed by atoms with van der Waals surface area (Å²) < 4.78 is 23.8. The molecule has 1 rings (SSSR count). The van der Waals surface area contributed by atoms with Crippen LogP contribution in [0.3, 0.4) is 0 Å². The van der Waals surface area contributed by atoms with Gasteiger partial charge in [-0.3, -0.25) is 0 Å². The van der Waals surface area contributed by atoms with E-state index < -0.39 is 9.84 Å². The third-order valence-electron chi connectivity index (χ3n) is 2.57. The van der Waals surface area contributed by atoms with Crippen molar-refractivity contribution in [1.82, 2.24) is 9.97 Å². The van der Waals surface area contributed by atoms with Crippen LogP contribution in [0.4, 0.5) is 0 Å². The van der Waals surface area contributed by atoms with Gasteiger partial charge in [-0.25, -0.2) is 18.4 Å².